The van der Waals surface area contributed by atoms with Gasteiger partial charge in [-0.15, -0.1) is 0 Å². The van der Waals surface area contributed by atoms with Gasteiger partial charge in [0.1, 0.15) is 11.6 Å². The third kappa shape index (κ3) is 2.62. The first-order valence-electron chi connectivity index (χ1n) is 7.73. The predicted octanol–water partition coefficient (Wildman–Crippen LogP) is 3.39. The second-order valence-corrected chi connectivity index (χ2v) is 5.70. The van der Waals surface area contributed by atoms with Crippen molar-refractivity contribution in [1.82, 2.24) is 15.0 Å². The molecule has 1 N–H and O–H groups in total. The summed E-state index contributed by atoms with van der Waals surface area (Å²) in [6, 6.07) is 4.20. The highest BCUT2D eigenvalue weighted by atomic mass is 15.0. The Hall–Kier alpha value is -1.97. The van der Waals surface area contributed by atoms with Crippen molar-refractivity contribution in [2.24, 2.45) is 0 Å². The van der Waals surface area contributed by atoms with Crippen molar-refractivity contribution in [3.05, 3.63) is 46.7 Å². The molecule has 0 fully saturated rings. The van der Waals surface area contributed by atoms with Crippen LogP contribution in [0.25, 0.3) is 0 Å². The molecule has 4 nitrogen and oxygen atoms in total. The van der Waals surface area contributed by atoms with E-state index in [0.717, 1.165) is 48.7 Å². The molecule has 4 heteroatoms. The number of nitrogens with zero attached hydrogens (tertiary/aromatic N) is 3. The van der Waals surface area contributed by atoms with E-state index in [0.29, 0.717) is 5.92 Å². The first kappa shape index (κ1) is 14.0. The maximum Gasteiger partial charge on any atom is 0.132 e. The van der Waals surface area contributed by atoms with Crippen LogP contribution in [0.3, 0.4) is 0 Å². The van der Waals surface area contributed by atoms with Gasteiger partial charge in [0, 0.05) is 24.2 Å². The van der Waals surface area contributed by atoms with Gasteiger partial charge in [-0.3, -0.25) is 4.98 Å². The number of hydrogen-bond donors (Lipinski definition) is 1. The number of anilines is 1. The molecule has 0 amide bonds. The summed E-state index contributed by atoms with van der Waals surface area (Å²) in [5, 5.41) is 3.42. The lowest BCUT2D eigenvalue weighted by Crippen LogP contribution is -2.12. The molecule has 2 aromatic heterocycles. The van der Waals surface area contributed by atoms with Crippen LogP contribution in [0.5, 0.6) is 0 Å². The molecule has 2 aromatic rings. The summed E-state index contributed by atoms with van der Waals surface area (Å²) in [5.74, 6) is 2.12. The predicted molar refractivity (Wildman–Crippen MR) is 84.7 cm³/mol. The lowest BCUT2D eigenvalue weighted by atomic mass is 9.98. The van der Waals surface area contributed by atoms with E-state index < -0.39 is 0 Å². The number of pyridine rings is 1. The van der Waals surface area contributed by atoms with Crippen LogP contribution in [-0.4, -0.2) is 21.5 Å². The highest BCUT2D eigenvalue weighted by Gasteiger charge is 2.28. The highest BCUT2D eigenvalue weighted by Crippen LogP contribution is 2.38. The molecule has 3 rings (SSSR count). The zero-order valence-electron chi connectivity index (χ0n) is 13.0. The molecule has 2 heterocycles. The van der Waals surface area contributed by atoms with Gasteiger partial charge in [0.15, 0.2) is 0 Å². The van der Waals surface area contributed by atoms with Crippen LogP contribution >= 0.6 is 0 Å². The molecule has 0 saturated carbocycles. The van der Waals surface area contributed by atoms with Crippen molar-refractivity contribution < 1.29 is 0 Å². The Balaban J connectivity index is 2.01. The highest BCUT2D eigenvalue weighted by molar-refractivity contribution is 5.49. The maximum atomic E-state index is 4.73. The lowest BCUT2D eigenvalue weighted by Gasteiger charge is -2.17. The summed E-state index contributed by atoms with van der Waals surface area (Å²) in [4.78, 5) is 13.9. The summed E-state index contributed by atoms with van der Waals surface area (Å²) >= 11 is 0. The van der Waals surface area contributed by atoms with Crippen LogP contribution in [0.1, 0.15) is 54.0 Å². The lowest BCUT2D eigenvalue weighted by molar-refractivity contribution is 0.728. The quantitative estimate of drug-likeness (QED) is 0.934. The molecule has 1 aliphatic carbocycles. The van der Waals surface area contributed by atoms with Crippen LogP contribution in [0.4, 0.5) is 5.82 Å². The van der Waals surface area contributed by atoms with Gasteiger partial charge in [0.25, 0.3) is 0 Å². The zero-order chi connectivity index (χ0) is 14.8. The summed E-state index contributed by atoms with van der Waals surface area (Å²) in [7, 11) is 0. The van der Waals surface area contributed by atoms with Crippen LogP contribution in [0, 0.1) is 13.8 Å². The molecule has 0 aromatic carbocycles. The fraction of sp³-hybridized carbons (Fsp3) is 0.471. The smallest absolute Gasteiger partial charge is 0.132 e. The van der Waals surface area contributed by atoms with Crippen molar-refractivity contribution in [1.29, 1.82) is 0 Å². The number of rotatable bonds is 4. The molecule has 110 valence electrons. The third-order valence-corrected chi connectivity index (χ3v) is 4.13. The van der Waals surface area contributed by atoms with Gasteiger partial charge in [-0.05, 0) is 44.7 Å². The van der Waals surface area contributed by atoms with Gasteiger partial charge < -0.3 is 5.32 Å². The van der Waals surface area contributed by atoms with E-state index in [1.165, 1.54) is 11.3 Å². The van der Waals surface area contributed by atoms with E-state index in [2.05, 4.69) is 35.2 Å². The fourth-order valence-corrected chi connectivity index (χ4v) is 3.08. The summed E-state index contributed by atoms with van der Waals surface area (Å²) in [6.07, 6.45) is 5.16. The van der Waals surface area contributed by atoms with E-state index in [-0.39, 0.29) is 0 Å². The van der Waals surface area contributed by atoms with Crippen LogP contribution < -0.4 is 5.32 Å². The van der Waals surface area contributed by atoms with Crippen molar-refractivity contribution in [2.75, 3.05) is 11.9 Å². The van der Waals surface area contributed by atoms with Crippen molar-refractivity contribution in [3.63, 3.8) is 0 Å². The molecule has 0 aliphatic heterocycles. The number of aryl methyl sites for hydroxylation is 2. The first-order valence-corrected chi connectivity index (χ1v) is 7.73. The minimum Gasteiger partial charge on any atom is -0.370 e. The normalized spacial score (nSPS) is 16.8. The van der Waals surface area contributed by atoms with Gasteiger partial charge in [-0.1, -0.05) is 13.0 Å². The van der Waals surface area contributed by atoms with E-state index in [1.807, 2.05) is 19.2 Å². The Bertz CT molecular complexity index is 651. The monoisotopic (exact) mass is 282 g/mol. The second kappa shape index (κ2) is 5.80. The topological polar surface area (TPSA) is 50.7 Å². The van der Waals surface area contributed by atoms with Crippen molar-refractivity contribution >= 4 is 5.82 Å². The molecule has 0 saturated heterocycles. The molecule has 0 bridgehead atoms. The Kier molecular flexibility index (Phi) is 3.86. The minimum atomic E-state index is 0.310. The fourth-order valence-electron chi connectivity index (χ4n) is 3.08. The van der Waals surface area contributed by atoms with E-state index in [4.69, 9.17) is 4.98 Å². The maximum absolute atomic E-state index is 4.73. The third-order valence-electron chi connectivity index (χ3n) is 4.13. The van der Waals surface area contributed by atoms with E-state index in [1.54, 1.807) is 0 Å². The zero-order valence-corrected chi connectivity index (χ0v) is 13.0. The van der Waals surface area contributed by atoms with Gasteiger partial charge >= 0.3 is 0 Å². The molecule has 1 atom stereocenters. The molecule has 1 unspecified atom stereocenters. The van der Waals surface area contributed by atoms with Gasteiger partial charge in [-0.25, -0.2) is 9.97 Å². The largest absolute Gasteiger partial charge is 0.370 e. The summed E-state index contributed by atoms with van der Waals surface area (Å²) in [6.45, 7) is 7.19. The second-order valence-electron chi connectivity index (χ2n) is 5.70. The standard InChI is InChI=1S/C17H22N4/c1-4-9-19-17-11(2)15(20-12(3)21-17)14-8-7-13-6-5-10-18-16(13)14/h5-6,10,14H,4,7-9H2,1-3H3,(H,19,20,21). The minimum absolute atomic E-state index is 0.310. The number of aromatic nitrogens is 3. The molecular weight excluding hydrogens is 260 g/mol. The van der Waals surface area contributed by atoms with Crippen LogP contribution in [-0.2, 0) is 6.42 Å². The average Bonchev–Trinajstić information content (AvgIpc) is 2.91. The SMILES string of the molecule is CCCNc1nc(C)nc(C2CCc3cccnc32)c1C. The summed E-state index contributed by atoms with van der Waals surface area (Å²) < 4.78 is 0. The Morgan fingerprint density at radius 2 is 2.10 bits per heavy atom. The van der Waals surface area contributed by atoms with Crippen LogP contribution in [0.2, 0.25) is 0 Å². The number of fused-ring (bicyclic) bond motifs is 1. The van der Waals surface area contributed by atoms with Crippen LogP contribution in [0.15, 0.2) is 18.3 Å². The molecule has 0 spiro atoms. The Labute approximate surface area is 126 Å². The Morgan fingerprint density at radius 3 is 2.90 bits per heavy atom. The molecule has 1 aliphatic rings. The average molecular weight is 282 g/mol. The first-order chi connectivity index (χ1) is 10.2. The Morgan fingerprint density at radius 1 is 1.24 bits per heavy atom. The van der Waals surface area contributed by atoms with E-state index >= 15 is 0 Å². The van der Waals surface area contributed by atoms with E-state index in [9.17, 15) is 0 Å². The molecular formula is C17H22N4. The summed E-state index contributed by atoms with van der Waals surface area (Å²) in [5.41, 5.74) is 4.86. The van der Waals surface area contributed by atoms with Gasteiger partial charge in [-0.2, -0.15) is 0 Å². The van der Waals surface area contributed by atoms with Crippen molar-refractivity contribution in [3.8, 4) is 0 Å². The number of hydrogen-bond acceptors (Lipinski definition) is 4. The van der Waals surface area contributed by atoms with Gasteiger partial charge in [0.2, 0.25) is 0 Å². The van der Waals surface area contributed by atoms with Crippen molar-refractivity contribution in [2.45, 2.75) is 46.0 Å². The number of nitrogens with one attached hydrogen (secondary N) is 1. The molecule has 21 heavy (non-hydrogen) atoms. The van der Waals surface area contributed by atoms with Gasteiger partial charge in [0.05, 0.1) is 11.4 Å². The molecule has 0 radical (unpaired) electrons.